The summed E-state index contributed by atoms with van der Waals surface area (Å²) in [6.45, 7) is 3.99. The van der Waals surface area contributed by atoms with Gasteiger partial charge in [-0.2, -0.15) is 0 Å². The Morgan fingerprint density at radius 3 is 2.89 bits per heavy atom. The summed E-state index contributed by atoms with van der Waals surface area (Å²) in [6, 6.07) is 7.55. The third-order valence-electron chi connectivity index (χ3n) is 3.30. The van der Waals surface area contributed by atoms with Gasteiger partial charge in [0.2, 0.25) is 0 Å². The van der Waals surface area contributed by atoms with E-state index in [2.05, 4.69) is 4.90 Å². The summed E-state index contributed by atoms with van der Waals surface area (Å²) >= 11 is 0. The molecule has 0 aliphatic carbocycles. The normalized spacial score (nSPS) is 20.4. The average molecular weight is 266 g/mol. The number of anilines is 1. The van der Waals surface area contributed by atoms with Crippen LogP contribution < -0.4 is 10.5 Å². The van der Waals surface area contributed by atoms with Crippen LogP contribution in [0, 0.1) is 0 Å². The Hall–Kier alpha value is -1.30. The number of hydrogen-bond donors (Lipinski definition) is 2. The fourth-order valence-electron chi connectivity index (χ4n) is 2.17. The molecule has 1 aromatic rings. The molecule has 1 heterocycles. The molecule has 2 rings (SSSR count). The van der Waals surface area contributed by atoms with Crippen LogP contribution in [-0.4, -0.2) is 55.6 Å². The van der Waals surface area contributed by atoms with Crippen molar-refractivity contribution in [3.63, 3.8) is 0 Å². The van der Waals surface area contributed by atoms with Crippen LogP contribution in [0.1, 0.15) is 6.42 Å². The number of nitrogens with two attached hydrogens (primary N) is 1. The van der Waals surface area contributed by atoms with Gasteiger partial charge in [0, 0.05) is 18.8 Å². The first-order valence-corrected chi connectivity index (χ1v) is 6.70. The van der Waals surface area contributed by atoms with Crippen LogP contribution in [0.4, 0.5) is 5.69 Å². The van der Waals surface area contributed by atoms with E-state index >= 15 is 0 Å². The number of morpholine rings is 1. The average Bonchev–Trinajstić information content (AvgIpc) is 2.46. The standard InChI is InChI=1S/C14H22N2O3/c15-12-2-4-14(5-3-12)19-8-1-6-16-7-9-18-11-13(16)10-17/h2-5,13,17H,1,6-11,15H2. The van der Waals surface area contributed by atoms with Gasteiger partial charge < -0.3 is 20.3 Å². The number of rotatable bonds is 6. The summed E-state index contributed by atoms with van der Waals surface area (Å²) < 4.78 is 11.0. The van der Waals surface area contributed by atoms with Crippen molar-refractivity contribution in [2.75, 3.05) is 45.3 Å². The van der Waals surface area contributed by atoms with Crippen LogP contribution in [0.15, 0.2) is 24.3 Å². The van der Waals surface area contributed by atoms with Gasteiger partial charge in [-0.15, -0.1) is 0 Å². The largest absolute Gasteiger partial charge is 0.494 e. The molecule has 0 aromatic heterocycles. The van der Waals surface area contributed by atoms with E-state index in [1.807, 2.05) is 24.3 Å². The van der Waals surface area contributed by atoms with E-state index in [4.69, 9.17) is 15.2 Å². The monoisotopic (exact) mass is 266 g/mol. The van der Waals surface area contributed by atoms with Gasteiger partial charge in [-0.3, -0.25) is 4.90 Å². The van der Waals surface area contributed by atoms with Crippen molar-refractivity contribution in [3.8, 4) is 5.75 Å². The second kappa shape index (κ2) is 7.33. The van der Waals surface area contributed by atoms with Gasteiger partial charge in [0.05, 0.1) is 32.5 Å². The zero-order valence-electron chi connectivity index (χ0n) is 11.1. The lowest BCUT2D eigenvalue weighted by molar-refractivity contribution is -0.0287. The number of benzene rings is 1. The maximum atomic E-state index is 9.26. The van der Waals surface area contributed by atoms with Crippen molar-refractivity contribution in [3.05, 3.63) is 24.3 Å². The molecular formula is C14H22N2O3. The Morgan fingerprint density at radius 2 is 2.16 bits per heavy atom. The number of aliphatic hydroxyl groups is 1. The van der Waals surface area contributed by atoms with Gasteiger partial charge in [-0.25, -0.2) is 0 Å². The first-order valence-electron chi connectivity index (χ1n) is 6.70. The van der Waals surface area contributed by atoms with E-state index in [1.54, 1.807) is 0 Å². The molecule has 0 bridgehead atoms. The van der Waals surface area contributed by atoms with Crippen molar-refractivity contribution in [2.45, 2.75) is 12.5 Å². The van der Waals surface area contributed by atoms with E-state index < -0.39 is 0 Å². The SMILES string of the molecule is Nc1ccc(OCCCN2CCOCC2CO)cc1. The molecule has 1 aliphatic rings. The van der Waals surface area contributed by atoms with E-state index in [-0.39, 0.29) is 12.6 Å². The van der Waals surface area contributed by atoms with Crippen LogP contribution >= 0.6 is 0 Å². The molecular weight excluding hydrogens is 244 g/mol. The fraction of sp³-hybridized carbons (Fsp3) is 0.571. The molecule has 106 valence electrons. The second-order valence-corrected chi connectivity index (χ2v) is 4.72. The van der Waals surface area contributed by atoms with Crippen LogP contribution in [0.25, 0.3) is 0 Å². The number of ether oxygens (including phenoxy) is 2. The molecule has 1 aromatic carbocycles. The zero-order valence-corrected chi connectivity index (χ0v) is 11.1. The van der Waals surface area contributed by atoms with Crippen molar-refractivity contribution in [1.82, 2.24) is 4.90 Å². The Kier molecular flexibility index (Phi) is 5.44. The molecule has 1 aliphatic heterocycles. The molecule has 5 heteroatoms. The Bertz CT molecular complexity index is 369. The molecule has 1 fully saturated rings. The smallest absolute Gasteiger partial charge is 0.119 e. The first kappa shape index (κ1) is 14.1. The summed E-state index contributed by atoms with van der Waals surface area (Å²) in [5.74, 6) is 0.842. The highest BCUT2D eigenvalue weighted by Gasteiger charge is 2.21. The Labute approximate surface area is 113 Å². The molecule has 1 atom stereocenters. The van der Waals surface area contributed by atoms with Gasteiger partial charge in [0.1, 0.15) is 5.75 Å². The number of hydrogen-bond acceptors (Lipinski definition) is 5. The van der Waals surface area contributed by atoms with Crippen LogP contribution in [0.5, 0.6) is 5.75 Å². The van der Waals surface area contributed by atoms with E-state index in [0.29, 0.717) is 13.2 Å². The molecule has 0 radical (unpaired) electrons. The highest BCUT2D eigenvalue weighted by molar-refractivity contribution is 5.41. The summed E-state index contributed by atoms with van der Waals surface area (Å²) in [5, 5.41) is 9.26. The summed E-state index contributed by atoms with van der Waals surface area (Å²) in [6.07, 6.45) is 0.931. The van der Waals surface area contributed by atoms with Gasteiger partial charge in [0.25, 0.3) is 0 Å². The number of nitrogen functional groups attached to an aromatic ring is 1. The molecule has 3 N–H and O–H groups in total. The van der Waals surface area contributed by atoms with Crippen molar-refractivity contribution < 1.29 is 14.6 Å². The number of nitrogens with zero attached hydrogens (tertiary/aromatic N) is 1. The molecule has 5 nitrogen and oxygen atoms in total. The van der Waals surface area contributed by atoms with Crippen LogP contribution in [0.2, 0.25) is 0 Å². The van der Waals surface area contributed by atoms with Gasteiger partial charge >= 0.3 is 0 Å². The van der Waals surface area contributed by atoms with E-state index in [9.17, 15) is 5.11 Å². The Morgan fingerprint density at radius 1 is 1.37 bits per heavy atom. The first-order chi connectivity index (χ1) is 9.29. The molecule has 19 heavy (non-hydrogen) atoms. The van der Waals surface area contributed by atoms with E-state index in [0.717, 1.165) is 37.6 Å². The quantitative estimate of drug-likeness (QED) is 0.587. The predicted molar refractivity (Wildman–Crippen MR) is 74.2 cm³/mol. The fourth-order valence-corrected chi connectivity index (χ4v) is 2.17. The molecule has 1 unspecified atom stereocenters. The minimum Gasteiger partial charge on any atom is -0.494 e. The summed E-state index contributed by atoms with van der Waals surface area (Å²) in [5.41, 5.74) is 6.35. The van der Waals surface area contributed by atoms with Crippen LogP contribution in [0.3, 0.4) is 0 Å². The highest BCUT2D eigenvalue weighted by atomic mass is 16.5. The summed E-state index contributed by atoms with van der Waals surface area (Å²) in [4.78, 5) is 2.26. The Balaban J connectivity index is 1.67. The lowest BCUT2D eigenvalue weighted by Gasteiger charge is -2.34. The lowest BCUT2D eigenvalue weighted by atomic mass is 10.2. The number of aliphatic hydroxyl groups excluding tert-OH is 1. The third kappa shape index (κ3) is 4.38. The molecule has 1 saturated heterocycles. The van der Waals surface area contributed by atoms with Crippen molar-refractivity contribution in [2.24, 2.45) is 0 Å². The highest BCUT2D eigenvalue weighted by Crippen LogP contribution is 2.13. The zero-order chi connectivity index (χ0) is 13.5. The molecule has 0 saturated carbocycles. The maximum absolute atomic E-state index is 9.26. The van der Waals surface area contributed by atoms with Gasteiger partial charge in [-0.1, -0.05) is 0 Å². The van der Waals surface area contributed by atoms with Gasteiger partial charge in [-0.05, 0) is 30.7 Å². The van der Waals surface area contributed by atoms with Crippen molar-refractivity contribution >= 4 is 5.69 Å². The minimum atomic E-state index is 0.130. The summed E-state index contributed by atoms with van der Waals surface area (Å²) in [7, 11) is 0. The van der Waals surface area contributed by atoms with Gasteiger partial charge in [0.15, 0.2) is 0 Å². The van der Waals surface area contributed by atoms with E-state index in [1.165, 1.54) is 0 Å². The minimum absolute atomic E-state index is 0.130. The second-order valence-electron chi connectivity index (χ2n) is 4.72. The topological polar surface area (TPSA) is 68.0 Å². The molecule has 0 amide bonds. The lowest BCUT2D eigenvalue weighted by Crippen LogP contribution is -2.47. The third-order valence-corrected chi connectivity index (χ3v) is 3.30. The molecule has 0 spiro atoms. The predicted octanol–water partition coefficient (Wildman–Crippen LogP) is 0.731. The van der Waals surface area contributed by atoms with Crippen LogP contribution in [-0.2, 0) is 4.74 Å². The maximum Gasteiger partial charge on any atom is 0.119 e. The van der Waals surface area contributed by atoms with Crippen molar-refractivity contribution in [1.29, 1.82) is 0 Å².